The summed E-state index contributed by atoms with van der Waals surface area (Å²) < 4.78 is 0. The molecule has 128 valence electrons. The van der Waals surface area contributed by atoms with Crippen molar-refractivity contribution in [3.8, 4) is 0 Å². The minimum absolute atomic E-state index is 0.0190. The summed E-state index contributed by atoms with van der Waals surface area (Å²) in [6.45, 7) is 3.30. The molecule has 1 aliphatic carbocycles. The normalized spacial score (nSPS) is 16.5. The van der Waals surface area contributed by atoms with Gasteiger partial charge in [0.25, 0.3) is 5.91 Å². The first kappa shape index (κ1) is 16.7. The molecule has 1 heterocycles. The van der Waals surface area contributed by atoms with Crippen LogP contribution in [0.4, 0.5) is 5.69 Å². The van der Waals surface area contributed by atoms with Crippen molar-refractivity contribution in [1.29, 1.82) is 0 Å². The van der Waals surface area contributed by atoms with Crippen molar-refractivity contribution in [1.82, 2.24) is 5.32 Å². The molecule has 0 unspecified atom stereocenters. The van der Waals surface area contributed by atoms with E-state index in [1.54, 1.807) is 0 Å². The van der Waals surface area contributed by atoms with Crippen LogP contribution in [0.2, 0.25) is 0 Å². The van der Waals surface area contributed by atoms with Crippen molar-refractivity contribution < 1.29 is 9.59 Å². The minimum atomic E-state index is -0.0190. The fourth-order valence-electron chi connectivity index (χ4n) is 3.56. The van der Waals surface area contributed by atoms with E-state index < -0.39 is 0 Å². The summed E-state index contributed by atoms with van der Waals surface area (Å²) >= 11 is 0. The third-order valence-electron chi connectivity index (χ3n) is 4.96. The Labute approximate surface area is 143 Å². The third-order valence-corrected chi connectivity index (χ3v) is 4.96. The number of benzene rings is 1. The predicted molar refractivity (Wildman–Crippen MR) is 96.3 cm³/mol. The number of nitrogens with zero attached hydrogens (tertiary/aromatic N) is 1. The monoisotopic (exact) mass is 326 g/mol. The molecule has 1 aromatic rings. The van der Waals surface area contributed by atoms with Crippen LogP contribution in [0.3, 0.4) is 0 Å². The highest BCUT2D eigenvalue weighted by atomic mass is 16.2. The average Bonchev–Trinajstić information content (AvgIpc) is 3.05. The number of carbonyl (C=O) groups is 2. The van der Waals surface area contributed by atoms with E-state index in [0.717, 1.165) is 30.6 Å². The molecule has 0 fully saturated rings. The van der Waals surface area contributed by atoms with Crippen molar-refractivity contribution in [2.24, 2.45) is 0 Å². The second kappa shape index (κ2) is 7.65. The van der Waals surface area contributed by atoms with E-state index in [2.05, 4.69) is 11.4 Å². The quantitative estimate of drug-likeness (QED) is 0.840. The highest BCUT2D eigenvalue weighted by Crippen LogP contribution is 2.29. The molecule has 4 heteroatoms. The SMILES string of the molecule is CCC(=O)N1CCc2cc(C(=O)NCCC3=CCCCC3)ccc21. The number of allylic oxidation sites excluding steroid dienone is 1. The molecule has 0 radical (unpaired) electrons. The van der Waals surface area contributed by atoms with Gasteiger partial charge in [-0.25, -0.2) is 0 Å². The van der Waals surface area contributed by atoms with Crippen LogP contribution in [0.15, 0.2) is 29.8 Å². The summed E-state index contributed by atoms with van der Waals surface area (Å²) in [5.74, 6) is 0.126. The second-order valence-electron chi connectivity index (χ2n) is 6.61. The van der Waals surface area contributed by atoms with Gasteiger partial charge in [0, 0.05) is 30.8 Å². The van der Waals surface area contributed by atoms with Crippen LogP contribution in [0.5, 0.6) is 0 Å². The lowest BCUT2D eigenvalue weighted by Gasteiger charge is -2.16. The highest BCUT2D eigenvalue weighted by Gasteiger charge is 2.24. The fraction of sp³-hybridized carbons (Fsp3) is 0.500. The van der Waals surface area contributed by atoms with Gasteiger partial charge in [0.1, 0.15) is 0 Å². The van der Waals surface area contributed by atoms with Gasteiger partial charge in [0.15, 0.2) is 0 Å². The molecular formula is C20H26N2O2. The van der Waals surface area contributed by atoms with Crippen LogP contribution < -0.4 is 10.2 Å². The van der Waals surface area contributed by atoms with Crippen LogP contribution in [0.25, 0.3) is 0 Å². The van der Waals surface area contributed by atoms with Crippen LogP contribution in [-0.4, -0.2) is 24.9 Å². The molecule has 2 amide bonds. The number of rotatable bonds is 5. The van der Waals surface area contributed by atoms with Gasteiger partial charge in [-0.1, -0.05) is 18.6 Å². The van der Waals surface area contributed by atoms with Gasteiger partial charge >= 0.3 is 0 Å². The molecule has 3 rings (SSSR count). The maximum atomic E-state index is 12.3. The number of fused-ring (bicyclic) bond motifs is 1. The molecule has 0 atom stereocenters. The van der Waals surface area contributed by atoms with E-state index in [1.165, 1.54) is 31.3 Å². The summed E-state index contributed by atoms with van der Waals surface area (Å²) in [4.78, 5) is 26.1. The summed E-state index contributed by atoms with van der Waals surface area (Å²) in [7, 11) is 0. The zero-order valence-electron chi connectivity index (χ0n) is 14.4. The van der Waals surface area contributed by atoms with Crippen molar-refractivity contribution >= 4 is 17.5 Å². The minimum Gasteiger partial charge on any atom is -0.352 e. The van der Waals surface area contributed by atoms with E-state index >= 15 is 0 Å². The standard InChI is InChI=1S/C20H26N2O2/c1-2-19(23)22-13-11-16-14-17(8-9-18(16)22)20(24)21-12-10-15-6-4-3-5-7-15/h6,8-9,14H,2-5,7,10-13H2,1H3,(H,21,24). The molecule has 0 aromatic heterocycles. The largest absolute Gasteiger partial charge is 0.352 e. The van der Waals surface area contributed by atoms with E-state index in [0.29, 0.717) is 18.5 Å². The van der Waals surface area contributed by atoms with E-state index in [9.17, 15) is 9.59 Å². The first-order chi connectivity index (χ1) is 11.7. The molecule has 1 aromatic carbocycles. The van der Waals surface area contributed by atoms with Crippen LogP contribution in [0.1, 0.15) is 61.4 Å². The number of nitrogens with one attached hydrogen (secondary N) is 1. The Balaban J connectivity index is 1.58. The van der Waals surface area contributed by atoms with Gasteiger partial charge in [-0.3, -0.25) is 9.59 Å². The summed E-state index contributed by atoms with van der Waals surface area (Å²) in [5, 5.41) is 3.02. The van der Waals surface area contributed by atoms with Crippen molar-refractivity contribution in [3.05, 3.63) is 41.0 Å². The predicted octanol–water partition coefficient (Wildman–Crippen LogP) is 3.61. The average molecular weight is 326 g/mol. The van der Waals surface area contributed by atoms with Gasteiger partial charge in [-0.15, -0.1) is 0 Å². The maximum Gasteiger partial charge on any atom is 0.251 e. The second-order valence-corrected chi connectivity index (χ2v) is 6.61. The molecule has 1 N–H and O–H groups in total. The van der Waals surface area contributed by atoms with Crippen molar-refractivity contribution in [2.45, 2.75) is 51.9 Å². The van der Waals surface area contributed by atoms with Crippen molar-refractivity contribution in [3.63, 3.8) is 0 Å². The van der Waals surface area contributed by atoms with Crippen LogP contribution >= 0.6 is 0 Å². The smallest absolute Gasteiger partial charge is 0.251 e. The number of carbonyl (C=O) groups excluding carboxylic acids is 2. The number of anilines is 1. The zero-order valence-corrected chi connectivity index (χ0v) is 14.4. The Hall–Kier alpha value is -2.10. The molecule has 0 saturated carbocycles. The topological polar surface area (TPSA) is 49.4 Å². The summed E-state index contributed by atoms with van der Waals surface area (Å²) in [6.07, 6.45) is 9.55. The maximum absolute atomic E-state index is 12.3. The number of hydrogen-bond donors (Lipinski definition) is 1. The first-order valence-electron chi connectivity index (χ1n) is 9.08. The van der Waals surface area contributed by atoms with Gasteiger partial charge < -0.3 is 10.2 Å². The highest BCUT2D eigenvalue weighted by molar-refractivity contribution is 5.98. The molecule has 24 heavy (non-hydrogen) atoms. The number of hydrogen-bond acceptors (Lipinski definition) is 2. The molecule has 1 aliphatic heterocycles. The lowest BCUT2D eigenvalue weighted by Crippen LogP contribution is -2.28. The zero-order chi connectivity index (χ0) is 16.9. The Morgan fingerprint density at radius 1 is 1.21 bits per heavy atom. The first-order valence-corrected chi connectivity index (χ1v) is 9.08. The Bertz CT molecular complexity index is 664. The molecule has 0 saturated heterocycles. The van der Waals surface area contributed by atoms with Gasteiger partial charge in [-0.2, -0.15) is 0 Å². The Morgan fingerprint density at radius 2 is 2.08 bits per heavy atom. The van der Waals surface area contributed by atoms with Gasteiger partial charge in [0.05, 0.1) is 0 Å². The molecule has 2 aliphatic rings. The van der Waals surface area contributed by atoms with Gasteiger partial charge in [0.2, 0.25) is 5.91 Å². The van der Waals surface area contributed by atoms with Gasteiger partial charge in [-0.05, 0) is 62.3 Å². The van der Waals surface area contributed by atoms with Crippen LogP contribution in [0, 0.1) is 0 Å². The number of amides is 2. The molecule has 0 spiro atoms. The third kappa shape index (κ3) is 3.69. The summed E-state index contributed by atoms with van der Waals surface area (Å²) in [6, 6.07) is 5.68. The molecular weight excluding hydrogens is 300 g/mol. The lowest BCUT2D eigenvalue weighted by atomic mass is 9.97. The Kier molecular flexibility index (Phi) is 5.34. The summed E-state index contributed by atoms with van der Waals surface area (Å²) in [5.41, 5.74) is 4.23. The molecule has 4 nitrogen and oxygen atoms in total. The molecule has 0 bridgehead atoms. The fourth-order valence-corrected chi connectivity index (χ4v) is 3.56. The van der Waals surface area contributed by atoms with E-state index in [-0.39, 0.29) is 11.8 Å². The Morgan fingerprint density at radius 3 is 2.83 bits per heavy atom. The lowest BCUT2D eigenvalue weighted by molar-refractivity contribution is -0.118. The van der Waals surface area contributed by atoms with Crippen molar-refractivity contribution in [2.75, 3.05) is 18.0 Å². The van der Waals surface area contributed by atoms with E-state index in [4.69, 9.17) is 0 Å². The van der Waals surface area contributed by atoms with E-state index in [1.807, 2.05) is 30.0 Å². The van der Waals surface area contributed by atoms with Crippen LogP contribution in [-0.2, 0) is 11.2 Å².